The first kappa shape index (κ1) is 18.3. The molecule has 0 saturated heterocycles. The highest BCUT2D eigenvalue weighted by molar-refractivity contribution is 6.05. The predicted octanol–water partition coefficient (Wildman–Crippen LogP) is 3.12. The smallest absolute Gasteiger partial charge is 0.322 e. The largest absolute Gasteiger partial charge is 0.434 e. The SMILES string of the molecule is O=C(Nc1ccc(-n2cnnn2)cc1)c1cnn(-c2ccccc2)c1C(F)(F)F. The van der Waals surface area contributed by atoms with Gasteiger partial charge >= 0.3 is 6.18 Å². The number of carbonyl (C=O) groups excluding carboxylic acids is 1. The van der Waals surface area contributed by atoms with Crippen LogP contribution >= 0.6 is 0 Å². The van der Waals surface area contributed by atoms with E-state index in [-0.39, 0.29) is 5.69 Å². The number of benzene rings is 2. The van der Waals surface area contributed by atoms with E-state index < -0.39 is 23.3 Å². The third-order valence-corrected chi connectivity index (χ3v) is 4.02. The molecule has 0 unspecified atom stereocenters. The third-order valence-electron chi connectivity index (χ3n) is 4.02. The quantitative estimate of drug-likeness (QED) is 0.570. The van der Waals surface area contributed by atoms with Crippen LogP contribution in [-0.2, 0) is 6.18 Å². The Hall–Kier alpha value is -4.02. The van der Waals surface area contributed by atoms with Crippen molar-refractivity contribution in [3.8, 4) is 11.4 Å². The number of halogens is 3. The van der Waals surface area contributed by atoms with Crippen LogP contribution in [0.1, 0.15) is 16.1 Å². The topological polar surface area (TPSA) is 90.5 Å². The lowest BCUT2D eigenvalue weighted by Crippen LogP contribution is -2.20. The Bertz CT molecular complexity index is 1120. The first-order chi connectivity index (χ1) is 13.9. The summed E-state index contributed by atoms with van der Waals surface area (Å²) in [6.45, 7) is 0. The van der Waals surface area contributed by atoms with Crippen molar-refractivity contribution in [3.63, 3.8) is 0 Å². The number of para-hydroxylation sites is 1. The van der Waals surface area contributed by atoms with E-state index in [0.29, 0.717) is 16.1 Å². The van der Waals surface area contributed by atoms with Crippen molar-refractivity contribution in [3.05, 3.63) is 78.4 Å². The highest BCUT2D eigenvalue weighted by atomic mass is 19.4. The molecule has 4 aromatic rings. The van der Waals surface area contributed by atoms with Gasteiger partial charge in [0.15, 0.2) is 5.69 Å². The molecule has 0 aliphatic carbocycles. The maximum atomic E-state index is 13.7. The number of tetrazole rings is 1. The predicted molar refractivity (Wildman–Crippen MR) is 95.7 cm³/mol. The minimum Gasteiger partial charge on any atom is -0.322 e. The number of amides is 1. The minimum atomic E-state index is -4.77. The van der Waals surface area contributed by atoms with E-state index in [1.165, 1.54) is 35.3 Å². The normalized spacial score (nSPS) is 11.4. The van der Waals surface area contributed by atoms with Crippen LogP contribution in [0.2, 0.25) is 0 Å². The Kier molecular flexibility index (Phi) is 4.55. The van der Waals surface area contributed by atoms with Crippen molar-refractivity contribution in [2.24, 2.45) is 0 Å². The van der Waals surface area contributed by atoms with E-state index in [0.717, 1.165) is 6.20 Å². The number of nitrogens with zero attached hydrogens (tertiary/aromatic N) is 6. The maximum Gasteiger partial charge on any atom is 0.434 e. The highest BCUT2D eigenvalue weighted by Gasteiger charge is 2.40. The number of anilines is 1. The molecule has 11 heteroatoms. The van der Waals surface area contributed by atoms with Gasteiger partial charge in [-0.1, -0.05) is 18.2 Å². The zero-order valence-electron chi connectivity index (χ0n) is 14.6. The molecule has 0 bridgehead atoms. The summed E-state index contributed by atoms with van der Waals surface area (Å²) in [4.78, 5) is 12.5. The van der Waals surface area contributed by atoms with Crippen LogP contribution in [0.5, 0.6) is 0 Å². The molecule has 8 nitrogen and oxygen atoms in total. The summed E-state index contributed by atoms with van der Waals surface area (Å²) in [7, 11) is 0. The van der Waals surface area contributed by atoms with Gasteiger partial charge in [0.05, 0.1) is 23.1 Å². The fourth-order valence-corrected chi connectivity index (χ4v) is 2.73. The van der Waals surface area contributed by atoms with E-state index in [2.05, 4.69) is 25.9 Å². The first-order valence-electron chi connectivity index (χ1n) is 8.29. The minimum absolute atomic E-state index is 0.199. The molecule has 0 aliphatic rings. The highest BCUT2D eigenvalue weighted by Crippen LogP contribution is 2.34. The summed E-state index contributed by atoms with van der Waals surface area (Å²) in [6, 6.07) is 14.1. The molecular formula is C18H12F3N7O. The molecule has 0 saturated carbocycles. The number of hydrogen-bond donors (Lipinski definition) is 1. The number of hydrogen-bond acceptors (Lipinski definition) is 5. The molecule has 0 aliphatic heterocycles. The molecule has 2 aromatic heterocycles. The number of alkyl halides is 3. The molecule has 29 heavy (non-hydrogen) atoms. The van der Waals surface area contributed by atoms with Crippen LogP contribution in [0.25, 0.3) is 11.4 Å². The lowest BCUT2D eigenvalue weighted by atomic mass is 10.2. The van der Waals surface area contributed by atoms with E-state index in [4.69, 9.17) is 0 Å². The van der Waals surface area contributed by atoms with Gasteiger partial charge in [0, 0.05) is 5.69 Å². The Morgan fingerprint density at radius 1 is 0.966 bits per heavy atom. The van der Waals surface area contributed by atoms with Crippen molar-refractivity contribution in [2.45, 2.75) is 6.18 Å². The van der Waals surface area contributed by atoms with Gasteiger partial charge in [-0.25, -0.2) is 9.36 Å². The van der Waals surface area contributed by atoms with E-state index in [1.807, 2.05) is 0 Å². The summed E-state index contributed by atoms with van der Waals surface area (Å²) in [5.74, 6) is -0.922. The van der Waals surface area contributed by atoms with Gasteiger partial charge in [0.2, 0.25) is 0 Å². The van der Waals surface area contributed by atoms with Crippen molar-refractivity contribution < 1.29 is 18.0 Å². The van der Waals surface area contributed by atoms with Crippen LogP contribution < -0.4 is 5.32 Å². The van der Waals surface area contributed by atoms with E-state index >= 15 is 0 Å². The third kappa shape index (κ3) is 3.70. The Balaban J connectivity index is 1.63. The number of aromatic nitrogens is 6. The van der Waals surface area contributed by atoms with Crippen molar-refractivity contribution in [1.82, 2.24) is 30.0 Å². The maximum absolute atomic E-state index is 13.7. The molecule has 146 valence electrons. The zero-order chi connectivity index (χ0) is 20.4. The summed E-state index contributed by atoms with van der Waals surface area (Å²) >= 11 is 0. The summed E-state index contributed by atoms with van der Waals surface area (Å²) in [5, 5.41) is 17.0. The number of rotatable bonds is 4. The zero-order valence-corrected chi connectivity index (χ0v) is 14.6. The van der Waals surface area contributed by atoms with Crippen molar-refractivity contribution in [2.75, 3.05) is 5.32 Å². The molecule has 1 N–H and O–H groups in total. The van der Waals surface area contributed by atoms with Gasteiger partial charge in [0.1, 0.15) is 6.33 Å². The van der Waals surface area contributed by atoms with Gasteiger partial charge in [-0.15, -0.1) is 5.10 Å². The number of carbonyl (C=O) groups is 1. The molecule has 0 atom stereocenters. The van der Waals surface area contributed by atoms with Crippen LogP contribution in [0, 0.1) is 0 Å². The van der Waals surface area contributed by atoms with E-state index in [9.17, 15) is 18.0 Å². The number of nitrogens with one attached hydrogen (secondary N) is 1. The van der Waals surface area contributed by atoms with Crippen molar-refractivity contribution in [1.29, 1.82) is 0 Å². The average molecular weight is 399 g/mol. The van der Waals surface area contributed by atoms with Gasteiger partial charge < -0.3 is 5.32 Å². The van der Waals surface area contributed by atoms with Gasteiger partial charge in [-0.05, 0) is 46.8 Å². The first-order valence-corrected chi connectivity index (χ1v) is 8.29. The fraction of sp³-hybridized carbons (Fsp3) is 0.0556. The lowest BCUT2D eigenvalue weighted by Gasteiger charge is -2.13. The van der Waals surface area contributed by atoms with Gasteiger partial charge in [-0.3, -0.25) is 4.79 Å². The second kappa shape index (κ2) is 7.19. The molecule has 2 heterocycles. The summed E-state index contributed by atoms with van der Waals surface area (Å²) in [5.41, 5.74) is -0.588. The summed E-state index contributed by atoms with van der Waals surface area (Å²) in [6.07, 6.45) is -2.48. The molecule has 4 rings (SSSR count). The molecule has 0 spiro atoms. The second-order valence-corrected chi connectivity index (χ2v) is 5.91. The van der Waals surface area contributed by atoms with Crippen LogP contribution in [-0.4, -0.2) is 35.9 Å². The monoisotopic (exact) mass is 399 g/mol. The second-order valence-electron chi connectivity index (χ2n) is 5.91. The molecule has 0 radical (unpaired) electrons. The standard InChI is InChI=1S/C18H12F3N7O/c19-18(20,21)16-15(10-23-28(16)14-4-2-1-3-5-14)17(29)24-12-6-8-13(9-7-12)27-11-22-25-26-27/h1-11H,(H,24,29). The van der Waals surface area contributed by atoms with Crippen LogP contribution in [0.3, 0.4) is 0 Å². The molecular weight excluding hydrogens is 387 g/mol. The Labute approximate surface area is 161 Å². The summed E-state index contributed by atoms with van der Waals surface area (Å²) < 4.78 is 43.1. The van der Waals surface area contributed by atoms with Gasteiger partial charge in [0.25, 0.3) is 5.91 Å². The molecule has 1 amide bonds. The molecule has 2 aromatic carbocycles. The Morgan fingerprint density at radius 3 is 2.31 bits per heavy atom. The van der Waals surface area contributed by atoms with Crippen LogP contribution in [0.15, 0.2) is 67.1 Å². The van der Waals surface area contributed by atoms with Crippen LogP contribution in [0.4, 0.5) is 18.9 Å². The lowest BCUT2D eigenvalue weighted by molar-refractivity contribution is -0.143. The molecule has 0 fully saturated rings. The van der Waals surface area contributed by atoms with Crippen molar-refractivity contribution >= 4 is 11.6 Å². The van der Waals surface area contributed by atoms with Gasteiger partial charge in [-0.2, -0.15) is 18.3 Å². The Morgan fingerprint density at radius 2 is 1.69 bits per heavy atom. The average Bonchev–Trinajstić information content (AvgIpc) is 3.39. The fourth-order valence-electron chi connectivity index (χ4n) is 2.73. The van der Waals surface area contributed by atoms with E-state index in [1.54, 1.807) is 30.3 Å².